The van der Waals surface area contributed by atoms with Crippen LogP contribution in [-0.4, -0.2) is 16.3 Å². The fourth-order valence-electron chi connectivity index (χ4n) is 2.06. The van der Waals surface area contributed by atoms with Crippen LogP contribution >= 0.6 is 11.5 Å². The van der Waals surface area contributed by atoms with Crippen molar-refractivity contribution in [2.45, 2.75) is 19.8 Å². The maximum Gasteiger partial charge on any atom is 0.346 e. The van der Waals surface area contributed by atoms with E-state index >= 15 is 0 Å². The fraction of sp³-hybridized carbons (Fsp3) is 0.214. The molecule has 1 aromatic carbocycles. The summed E-state index contributed by atoms with van der Waals surface area (Å²) in [6, 6.07) is 5.29. The van der Waals surface area contributed by atoms with Gasteiger partial charge in [-0.25, -0.2) is 4.79 Å². The van der Waals surface area contributed by atoms with Crippen molar-refractivity contribution in [1.82, 2.24) is 4.37 Å². The van der Waals surface area contributed by atoms with Gasteiger partial charge in [-0.1, -0.05) is 6.07 Å². The summed E-state index contributed by atoms with van der Waals surface area (Å²) in [5, 5.41) is 4.44. The SMILES string of the molecule is Cc1nscc1C(=O)Oc1ccc2c(c1)NC(=O)CC2. The summed E-state index contributed by atoms with van der Waals surface area (Å²) in [6.07, 6.45) is 1.20. The van der Waals surface area contributed by atoms with E-state index in [9.17, 15) is 9.59 Å². The molecule has 0 saturated heterocycles. The minimum Gasteiger partial charge on any atom is -0.423 e. The van der Waals surface area contributed by atoms with Crippen LogP contribution in [0.1, 0.15) is 28.0 Å². The smallest absolute Gasteiger partial charge is 0.346 e. The third kappa shape index (κ3) is 2.42. The predicted molar refractivity (Wildman–Crippen MR) is 75.2 cm³/mol. The first-order chi connectivity index (χ1) is 9.63. The standard InChI is InChI=1S/C14H12N2O3S/c1-8-11(7-20-16-8)14(18)19-10-4-2-9-3-5-13(17)15-12(9)6-10/h2,4,6-7H,3,5H2,1H3,(H,15,17). The number of nitrogens with one attached hydrogen (secondary N) is 1. The Balaban J connectivity index is 1.82. The van der Waals surface area contributed by atoms with E-state index in [2.05, 4.69) is 9.69 Å². The number of ether oxygens (including phenoxy) is 1. The van der Waals surface area contributed by atoms with Gasteiger partial charge in [0.15, 0.2) is 0 Å². The average Bonchev–Trinajstić information content (AvgIpc) is 2.84. The van der Waals surface area contributed by atoms with Crippen LogP contribution in [0.25, 0.3) is 0 Å². The first kappa shape index (κ1) is 12.8. The minimum absolute atomic E-state index is 0.0149. The Morgan fingerprint density at radius 2 is 2.25 bits per heavy atom. The van der Waals surface area contributed by atoms with E-state index in [1.54, 1.807) is 24.4 Å². The van der Waals surface area contributed by atoms with Crippen LogP contribution in [0.3, 0.4) is 0 Å². The van der Waals surface area contributed by atoms with Gasteiger partial charge in [0.1, 0.15) is 5.75 Å². The molecule has 0 radical (unpaired) electrons. The first-order valence-corrected chi connectivity index (χ1v) is 7.03. The largest absolute Gasteiger partial charge is 0.423 e. The van der Waals surface area contributed by atoms with Gasteiger partial charge in [-0.2, -0.15) is 4.37 Å². The summed E-state index contributed by atoms with van der Waals surface area (Å²) in [6.45, 7) is 1.76. The van der Waals surface area contributed by atoms with Crippen molar-refractivity contribution in [3.8, 4) is 5.75 Å². The molecule has 1 aliphatic heterocycles. The number of esters is 1. The predicted octanol–water partition coefficient (Wildman–Crippen LogP) is 2.56. The number of benzene rings is 1. The maximum absolute atomic E-state index is 12.0. The molecular weight excluding hydrogens is 276 g/mol. The molecule has 0 bridgehead atoms. The summed E-state index contributed by atoms with van der Waals surface area (Å²) in [4.78, 5) is 23.4. The lowest BCUT2D eigenvalue weighted by Crippen LogP contribution is -2.19. The Labute approximate surface area is 119 Å². The topological polar surface area (TPSA) is 68.3 Å². The van der Waals surface area contributed by atoms with Crippen molar-refractivity contribution < 1.29 is 14.3 Å². The van der Waals surface area contributed by atoms with Gasteiger partial charge in [0, 0.05) is 23.6 Å². The second-order valence-corrected chi connectivity index (χ2v) is 5.20. The van der Waals surface area contributed by atoms with Crippen LogP contribution in [-0.2, 0) is 11.2 Å². The first-order valence-electron chi connectivity index (χ1n) is 6.19. The lowest BCUT2D eigenvalue weighted by atomic mass is 10.0. The van der Waals surface area contributed by atoms with Crippen LogP contribution < -0.4 is 10.1 Å². The maximum atomic E-state index is 12.0. The highest BCUT2D eigenvalue weighted by Crippen LogP contribution is 2.27. The van der Waals surface area contributed by atoms with Gasteiger partial charge >= 0.3 is 5.97 Å². The number of carbonyl (C=O) groups excluding carboxylic acids is 2. The zero-order chi connectivity index (χ0) is 14.1. The molecule has 0 unspecified atom stereocenters. The van der Waals surface area contributed by atoms with E-state index in [1.165, 1.54) is 11.5 Å². The number of nitrogens with zero attached hydrogens (tertiary/aromatic N) is 1. The summed E-state index contributed by atoms with van der Waals surface area (Å²) in [5.74, 6) is -0.0289. The number of hydrogen-bond acceptors (Lipinski definition) is 5. The number of aromatic nitrogens is 1. The summed E-state index contributed by atoms with van der Waals surface area (Å²) < 4.78 is 9.36. The molecule has 20 heavy (non-hydrogen) atoms. The monoisotopic (exact) mass is 288 g/mol. The molecule has 1 amide bonds. The van der Waals surface area contributed by atoms with E-state index in [1.807, 2.05) is 6.07 Å². The normalized spacial score (nSPS) is 13.6. The van der Waals surface area contributed by atoms with E-state index in [0.29, 0.717) is 35.5 Å². The van der Waals surface area contributed by atoms with E-state index in [4.69, 9.17) is 4.74 Å². The van der Waals surface area contributed by atoms with Crippen molar-refractivity contribution in [3.05, 3.63) is 40.4 Å². The summed E-state index contributed by atoms with van der Waals surface area (Å²) in [5.41, 5.74) is 2.90. The third-order valence-corrected chi connectivity index (χ3v) is 3.88. The van der Waals surface area contributed by atoms with E-state index < -0.39 is 5.97 Å². The van der Waals surface area contributed by atoms with Gasteiger partial charge in [-0.3, -0.25) is 4.79 Å². The highest BCUT2D eigenvalue weighted by atomic mass is 32.1. The molecule has 0 atom stereocenters. The molecule has 6 heteroatoms. The average molecular weight is 288 g/mol. The Morgan fingerprint density at radius 3 is 3.00 bits per heavy atom. The molecule has 0 spiro atoms. The highest BCUT2D eigenvalue weighted by Gasteiger charge is 2.17. The molecule has 1 aromatic heterocycles. The number of amides is 1. The Bertz CT molecular complexity index is 693. The quantitative estimate of drug-likeness (QED) is 0.681. The van der Waals surface area contributed by atoms with E-state index in [0.717, 1.165) is 5.56 Å². The second kappa shape index (κ2) is 5.05. The number of fused-ring (bicyclic) bond motifs is 1. The molecular formula is C14H12N2O3S. The molecule has 0 saturated carbocycles. The van der Waals surface area contributed by atoms with Crippen LogP contribution in [0.2, 0.25) is 0 Å². The van der Waals surface area contributed by atoms with Crippen LogP contribution in [0.15, 0.2) is 23.6 Å². The van der Waals surface area contributed by atoms with Crippen molar-refractivity contribution in [2.75, 3.05) is 5.32 Å². The number of aryl methyl sites for hydroxylation is 2. The Morgan fingerprint density at radius 1 is 1.40 bits per heavy atom. The number of rotatable bonds is 2. The van der Waals surface area contributed by atoms with Gasteiger partial charge in [0.2, 0.25) is 5.91 Å². The van der Waals surface area contributed by atoms with Crippen LogP contribution in [0.4, 0.5) is 5.69 Å². The molecule has 0 fully saturated rings. The van der Waals surface area contributed by atoms with Gasteiger partial charge in [-0.15, -0.1) is 0 Å². The van der Waals surface area contributed by atoms with E-state index in [-0.39, 0.29) is 5.91 Å². The summed E-state index contributed by atoms with van der Waals surface area (Å²) >= 11 is 1.22. The minimum atomic E-state index is -0.432. The van der Waals surface area contributed by atoms with Gasteiger partial charge < -0.3 is 10.1 Å². The number of hydrogen-bond donors (Lipinski definition) is 1. The number of anilines is 1. The molecule has 2 aromatic rings. The third-order valence-electron chi connectivity index (χ3n) is 3.16. The lowest BCUT2D eigenvalue weighted by Gasteiger charge is -2.17. The summed E-state index contributed by atoms with van der Waals surface area (Å²) in [7, 11) is 0. The highest BCUT2D eigenvalue weighted by molar-refractivity contribution is 7.03. The number of carbonyl (C=O) groups is 2. The van der Waals surface area contributed by atoms with Crippen molar-refractivity contribution in [1.29, 1.82) is 0 Å². The fourth-order valence-corrected chi connectivity index (χ4v) is 2.75. The molecule has 0 aliphatic carbocycles. The lowest BCUT2D eigenvalue weighted by molar-refractivity contribution is -0.116. The molecule has 5 nitrogen and oxygen atoms in total. The zero-order valence-corrected chi connectivity index (χ0v) is 11.6. The van der Waals surface area contributed by atoms with Crippen molar-refractivity contribution in [2.24, 2.45) is 0 Å². The van der Waals surface area contributed by atoms with Crippen LogP contribution in [0, 0.1) is 6.92 Å². The molecule has 102 valence electrons. The Hall–Kier alpha value is -2.21. The molecule has 1 aliphatic rings. The van der Waals surface area contributed by atoms with Gasteiger partial charge in [0.25, 0.3) is 0 Å². The zero-order valence-electron chi connectivity index (χ0n) is 10.8. The van der Waals surface area contributed by atoms with Gasteiger partial charge in [-0.05, 0) is 36.5 Å². The second-order valence-electron chi connectivity index (χ2n) is 4.57. The van der Waals surface area contributed by atoms with Crippen molar-refractivity contribution in [3.63, 3.8) is 0 Å². The molecule has 1 N–H and O–H groups in total. The van der Waals surface area contributed by atoms with Crippen molar-refractivity contribution >= 4 is 29.1 Å². The van der Waals surface area contributed by atoms with Crippen LogP contribution in [0.5, 0.6) is 5.75 Å². The van der Waals surface area contributed by atoms with Gasteiger partial charge in [0.05, 0.1) is 11.3 Å². The molecule has 3 rings (SSSR count). The molecule has 2 heterocycles. The Kier molecular flexibility index (Phi) is 3.23.